The van der Waals surface area contributed by atoms with Crippen LogP contribution in [0.4, 0.5) is 0 Å². The Labute approximate surface area is 135 Å². The van der Waals surface area contributed by atoms with E-state index in [1.165, 1.54) is 38.5 Å². The van der Waals surface area contributed by atoms with Gasteiger partial charge in [-0.25, -0.2) is 0 Å². The molecule has 21 heavy (non-hydrogen) atoms. The summed E-state index contributed by atoms with van der Waals surface area (Å²) in [5.74, 6) is 1.92. The molecule has 1 aromatic rings. The molecule has 0 aliphatic carbocycles. The first-order valence-electron chi connectivity index (χ1n) is 8.32. The molecule has 1 aromatic carbocycles. The fraction of sp³-hybridized carbons (Fsp3) is 0.579. The van der Waals surface area contributed by atoms with E-state index in [2.05, 4.69) is 31.7 Å². The first-order valence-corrected chi connectivity index (χ1v) is 8.95. The molecule has 1 atom stereocenters. The molecule has 0 radical (unpaired) electrons. The Hall–Kier alpha value is -0.890. The summed E-state index contributed by atoms with van der Waals surface area (Å²) in [6.07, 6.45) is 14.4. The molecule has 1 N–H and O–H groups in total. The lowest BCUT2D eigenvalue weighted by Gasteiger charge is -2.13. The van der Waals surface area contributed by atoms with Crippen molar-refractivity contribution >= 4 is 12.6 Å². The number of benzene rings is 1. The van der Waals surface area contributed by atoms with Gasteiger partial charge in [-0.1, -0.05) is 63.0 Å². The molecular formula is C19H30OS. The van der Waals surface area contributed by atoms with Crippen LogP contribution in [0.5, 0.6) is 5.75 Å². The van der Waals surface area contributed by atoms with Crippen molar-refractivity contribution in [3.8, 4) is 5.75 Å². The number of hydrogen-bond donors (Lipinski definition) is 2. The molecule has 0 fully saturated rings. The molecule has 118 valence electrons. The predicted octanol–water partition coefficient (Wildman–Crippen LogP) is 5.79. The summed E-state index contributed by atoms with van der Waals surface area (Å²) in [6, 6.07) is 7.68. The molecule has 2 heteroatoms. The number of rotatable bonds is 11. The van der Waals surface area contributed by atoms with Crippen LogP contribution < -0.4 is 0 Å². The molecule has 0 saturated carbocycles. The molecule has 0 amide bonds. The van der Waals surface area contributed by atoms with Gasteiger partial charge in [0, 0.05) is 5.75 Å². The molecular weight excluding hydrogens is 276 g/mol. The Bertz CT molecular complexity index is 400. The fourth-order valence-corrected chi connectivity index (χ4v) is 2.82. The number of allylic oxidation sites excluding steroid dienone is 1. The first-order chi connectivity index (χ1) is 10.3. The zero-order chi connectivity index (χ0) is 15.3. The van der Waals surface area contributed by atoms with Crippen molar-refractivity contribution in [2.24, 2.45) is 5.92 Å². The summed E-state index contributed by atoms with van der Waals surface area (Å²) in [4.78, 5) is 0. The second-order valence-electron chi connectivity index (χ2n) is 5.74. The van der Waals surface area contributed by atoms with E-state index in [0.717, 1.165) is 24.2 Å². The summed E-state index contributed by atoms with van der Waals surface area (Å²) < 4.78 is 0. The topological polar surface area (TPSA) is 20.2 Å². The summed E-state index contributed by atoms with van der Waals surface area (Å²) in [5, 5.41) is 9.79. The largest absolute Gasteiger partial charge is 0.508 e. The van der Waals surface area contributed by atoms with Gasteiger partial charge >= 0.3 is 0 Å². The van der Waals surface area contributed by atoms with Crippen molar-refractivity contribution in [2.75, 3.05) is 5.75 Å². The second kappa shape index (κ2) is 11.7. The van der Waals surface area contributed by atoms with Gasteiger partial charge in [0.05, 0.1) is 0 Å². The van der Waals surface area contributed by atoms with Crippen LogP contribution in [-0.2, 0) is 6.42 Å². The molecule has 0 saturated heterocycles. The number of thiol groups is 1. The number of hydrogen-bond acceptors (Lipinski definition) is 2. The minimum Gasteiger partial charge on any atom is -0.508 e. The van der Waals surface area contributed by atoms with Crippen molar-refractivity contribution in [2.45, 2.75) is 58.3 Å². The SMILES string of the molecule is CCCCCCC(C=CCS)CCCc1ccccc1O. The lowest BCUT2D eigenvalue weighted by atomic mass is 9.93. The smallest absolute Gasteiger partial charge is 0.118 e. The molecule has 0 aliphatic rings. The highest BCUT2D eigenvalue weighted by Gasteiger charge is 2.06. The van der Waals surface area contributed by atoms with Crippen molar-refractivity contribution < 1.29 is 5.11 Å². The van der Waals surface area contributed by atoms with Crippen LogP contribution in [0.2, 0.25) is 0 Å². The van der Waals surface area contributed by atoms with Gasteiger partial charge in [-0.2, -0.15) is 12.6 Å². The summed E-state index contributed by atoms with van der Waals surface area (Å²) >= 11 is 4.26. The zero-order valence-corrected chi connectivity index (χ0v) is 14.2. The minimum atomic E-state index is 0.433. The number of para-hydroxylation sites is 1. The van der Waals surface area contributed by atoms with Gasteiger partial charge in [0.2, 0.25) is 0 Å². The van der Waals surface area contributed by atoms with Gasteiger partial charge in [-0.3, -0.25) is 0 Å². The molecule has 0 bridgehead atoms. The Morgan fingerprint density at radius 2 is 1.86 bits per heavy atom. The number of unbranched alkanes of at least 4 members (excludes halogenated alkanes) is 3. The third kappa shape index (κ3) is 8.21. The van der Waals surface area contributed by atoms with E-state index >= 15 is 0 Å². The van der Waals surface area contributed by atoms with Crippen LogP contribution in [0, 0.1) is 5.92 Å². The summed E-state index contributed by atoms with van der Waals surface area (Å²) in [5.41, 5.74) is 1.07. The maximum absolute atomic E-state index is 9.79. The third-order valence-electron chi connectivity index (χ3n) is 3.95. The van der Waals surface area contributed by atoms with Gasteiger partial charge < -0.3 is 5.11 Å². The standard InChI is InChI=1S/C19H30OS/c1-2-3-4-5-10-17(12-9-16-21)11-8-14-18-13-6-7-15-19(18)20/h6-7,9,12-13,15,17,20-21H,2-5,8,10-11,14,16H2,1H3. The van der Waals surface area contributed by atoms with Crippen molar-refractivity contribution in [1.29, 1.82) is 0 Å². The highest BCUT2D eigenvalue weighted by Crippen LogP contribution is 2.22. The van der Waals surface area contributed by atoms with Crippen molar-refractivity contribution in [3.63, 3.8) is 0 Å². The van der Waals surface area contributed by atoms with E-state index in [1.54, 1.807) is 6.07 Å². The molecule has 0 aromatic heterocycles. The number of aryl methyl sites for hydroxylation is 1. The first kappa shape index (κ1) is 18.2. The summed E-state index contributed by atoms with van der Waals surface area (Å²) in [7, 11) is 0. The highest BCUT2D eigenvalue weighted by molar-refractivity contribution is 7.80. The Morgan fingerprint density at radius 1 is 1.10 bits per heavy atom. The molecule has 1 nitrogen and oxygen atoms in total. The minimum absolute atomic E-state index is 0.433. The van der Waals surface area contributed by atoms with E-state index in [4.69, 9.17) is 0 Å². The quantitative estimate of drug-likeness (QED) is 0.301. The molecule has 1 rings (SSSR count). The monoisotopic (exact) mass is 306 g/mol. The van der Waals surface area contributed by atoms with Crippen LogP contribution in [0.1, 0.15) is 57.4 Å². The maximum atomic E-state index is 9.79. The normalized spacial score (nSPS) is 12.9. The van der Waals surface area contributed by atoms with E-state index in [1.807, 2.05) is 18.2 Å². The summed E-state index contributed by atoms with van der Waals surface area (Å²) in [6.45, 7) is 2.25. The molecule has 0 spiro atoms. The molecule has 1 unspecified atom stereocenters. The van der Waals surface area contributed by atoms with Crippen molar-refractivity contribution in [3.05, 3.63) is 42.0 Å². The average molecular weight is 307 g/mol. The highest BCUT2D eigenvalue weighted by atomic mass is 32.1. The molecule has 0 aliphatic heterocycles. The van der Waals surface area contributed by atoms with E-state index in [0.29, 0.717) is 11.7 Å². The lowest BCUT2D eigenvalue weighted by molar-refractivity contribution is 0.459. The van der Waals surface area contributed by atoms with E-state index in [9.17, 15) is 5.11 Å². The van der Waals surface area contributed by atoms with Gasteiger partial charge in [0.1, 0.15) is 5.75 Å². The van der Waals surface area contributed by atoms with Gasteiger partial charge in [-0.05, 0) is 43.2 Å². The molecule has 0 heterocycles. The fourth-order valence-electron chi connectivity index (χ4n) is 2.70. The third-order valence-corrected chi connectivity index (χ3v) is 4.17. The van der Waals surface area contributed by atoms with Crippen LogP contribution in [0.3, 0.4) is 0 Å². The Balaban J connectivity index is 2.34. The maximum Gasteiger partial charge on any atom is 0.118 e. The second-order valence-corrected chi connectivity index (χ2v) is 6.11. The van der Waals surface area contributed by atoms with Crippen LogP contribution in [0.25, 0.3) is 0 Å². The predicted molar refractivity (Wildman–Crippen MR) is 96.3 cm³/mol. The van der Waals surface area contributed by atoms with Crippen LogP contribution in [0.15, 0.2) is 36.4 Å². The van der Waals surface area contributed by atoms with Gasteiger partial charge in [0.25, 0.3) is 0 Å². The van der Waals surface area contributed by atoms with Gasteiger partial charge in [0.15, 0.2) is 0 Å². The number of phenols is 1. The van der Waals surface area contributed by atoms with Crippen molar-refractivity contribution in [1.82, 2.24) is 0 Å². The van der Waals surface area contributed by atoms with Gasteiger partial charge in [-0.15, -0.1) is 0 Å². The van der Waals surface area contributed by atoms with Crippen LogP contribution >= 0.6 is 12.6 Å². The Morgan fingerprint density at radius 3 is 2.57 bits per heavy atom. The van der Waals surface area contributed by atoms with E-state index < -0.39 is 0 Å². The zero-order valence-electron chi connectivity index (χ0n) is 13.3. The average Bonchev–Trinajstić information content (AvgIpc) is 2.50. The van der Waals surface area contributed by atoms with Crippen LogP contribution in [-0.4, -0.2) is 10.9 Å². The number of aromatic hydroxyl groups is 1. The Kier molecular flexibility index (Phi) is 10.1. The number of phenolic OH excluding ortho intramolecular Hbond substituents is 1. The lowest BCUT2D eigenvalue weighted by Crippen LogP contribution is -1.99. The van der Waals surface area contributed by atoms with E-state index in [-0.39, 0.29) is 0 Å².